The average molecular weight is 228 g/mol. The molecule has 2 N–H and O–H groups in total. The molecule has 0 atom stereocenters. The molecule has 0 bridgehead atoms. The molecular weight excluding hydrogens is 204 g/mol. The Labute approximate surface area is 98.2 Å². The summed E-state index contributed by atoms with van der Waals surface area (Å²) in [6.07, 6.45) is 1.63. The van der Waals surface area contributed by atoms with Crippen molar-refractivity contribution in [2.45, 2.75) is 40.5 Å². The van der Waals surface area contributed by atoms with E-state index < -0.39 is 0 Å². The third kappa shape index (κ3) is 6.43. The highest BCUT2D eigenvalue weighted by Crippen LogP contribution is 2.06. The molecule has 0 saturated heterocycles. The summed E-state index contributed by atoms with van der Waals surface area (Å²) in [7, 11) is 0. The molecule has 0 aromatic rings. The highest BCUT2D eigenvalue weighted by Gasteiger charge is 2.14. The standard InChI is InChI=1S/C12H24N2O2/c1-5-10(6-2)12(16)14-8-11(15)13-7-9(3)4/h9-10H,5-8H2,1-4H3,(H,13,15)(H,14,16). The van der Waals surface area contributed by atoms with Gasteiger partial charge < -0.3 is 10.6 Å². The summed E-state index contributed by atoms with van der Waals surface area (Å²) in [5, 5.41) is 5.42. The van der Waals surface area contributed by atoms with Crippen LogP contribution in [0.2, 0.25) is 0 Å². The van der Waals surface area contributed by atoms with Gasteiger partial charge in [-0.05, 0) is 18.8 Å². The van der Waals surface area contributed by atoms with Crippen molar-refractivity contribution in [3.05, 3.63) is 0 Å². The molecule has 4 nitrogen and oxygen atoms in total. The molecule has 94 valence electrons. The Kier molecular flexibility index (Phi) is 7.60. The minimum absolute atomic E-state index is 0.0234. The Morgan fingerprint density at radius 2 is 1.62 bits per heavy atom. The lowest BCUT2D eigenvalue weighted by molar-refractivity contribution is -0.128. The first-order chi connectivity index (χ1) is 7.51. The number of carbonyl (C=O) groups excluding carboxylic acids is 2. The predicted molar refractivity (Wildman–Crippen MR) is 64.9 cm³/mol. The first-order valence-corrected chi connectivity index (χ1v) is 6.05. The number of hydrogen-bond donors (Lipinski definition) is 2. The summed E-state index contributed by atoms with van der Waals surface area (Å²) in [6.45, 7) is 8.76. The fraction of sp³-hybridized carbons (Fsp3) is 0.833. The lowest BCUT2D eigenvalue weighted by Gasteiger charge is -2.13. The molecule has 0 aliphatic rings. The van der Waals surface area contributed by atoms with Crippen LogP contribution in [-0.2, 0) is 9.59 Å². The van der Waals surface area contributed by atoms with E-state index in [0.29, 0.717) is 12.5 Å². The van der Waals surface area contributed by atoms with Gasteiger partial charge in [-0.3, -0.25) is 9.59 Å². The van der Waals surface area contributed by atoms with Gasteiger partial charge in [0.1, 0.15) is 0 Å². The van der Waals surface area contributed by atoms with Gasteiger partial charge in [0, 0.05) is 12.5 Å². The lowest BCUT2D eigenvalue weighted by atomic mass is 10.0. The molecule has 0 saturated carbocycles. The zero-order chi connectivity index (χ0) is 12.6. The van der Waals surface area contributed by atoms with E-state index in [1.165, 1.54) is 0 Å². The van der Waals surface area contributed by atoms with Gasteiger partial charge in [0.15, 0.2) is 0 Å². The molecule has 0 unspecified atom stereocenters. The molecule has 0 heterocycles. The zero-order valence-corrected chi connectivity index (χ0v) is 10.8. The second kappa shape index (κ2) is 8.13. The zero-order valence-electron chi connectivity index (χ0n) is 10.8. The van der Waals surface area contributed by atoms with E-state index in [1.54, 1.807) is 0 Å². The van der Waals surface area contributed by atoms with E-state index in [4.69, 9.17) is 0 Å². The number of amides is 2. The summed E-state index contributed by atoms with van der Waals surface area (Å²) in [5.41, 5.74) is 0. The Morgan fingerprint density at radius 3 is 2.06 bits per heavy atom. The van der Waals surface area contributed by atoms with Gasteiger partial charge in [0.2, 0.25) is 11.8 Å². The van der Waals surface area contributed by atoms with Crippen molar-refractivity contribution in [3.8, 4) is 0 Å². The molecule has 0 aromatic heterocycles. The minimum Gasteiger partial charge on any atom is -0.354 e. The van der Waals surface area contributed by atoms with E-state index in [-0.39, 0.29) is 24.3 Å². The van der Waals surface area contributed by atoms with Crippen molar-refractivity contribution >= 4 is 11.8 Å². The summed E-state index contributed by atoms with van der Waals surface area (Å²) in [5.74, 6) is 0.314. The number of hydrogen-bond acceptors (Lipinski definition) is 2. The summed E-state index contributed by atoms with van der Waals surface area (Å²) in [6, 6.07) is 0. The van der Waals surface area contributed by atoms with Crippen LogP contribution in [0, 0.1) is 11.8 Å². The molecule has 0 spiro atoms. The third-order valence-electron chi connectivity index (χ3n) is 2.49. The smallest absolute Gasteiger partial charge is 0.239 e. The Balaban J connectivity index is 3.78. The van der Waals surface area contributed by atoms with E-state index in [1.807, 2.05) is 27.7 Å². The predicted octanol–water partition coefficient (Wildman–Crippen LogP) is 1.31. The van der Waals surface area contributed by atoms with Crippen LogP contribution in [0.3, 0.4) is 0 Å². The van der Waals surface area contributed by atoms with Crippen LogP contribution >= 0.6 is 0 Å². The van der Waals surface area contributed by atoms with Gasteiger partial charge in [-0.1, -0.05) is 27.7 Å². The van der Waals surface area contributed by atoms with Crippen molar-refractivity contribution in [2.75, 3.05) is 13.1 Å². The second-order valence-corrected chi connectivity index (χ2v) is 4.43. The first-order valence-electron chi connectivity index (χ1n) is 6.05. The second-order valence-electron chi connectivity index (χ2n) is 4.43. The van der Waals surface area contributed by atoms with E-state index >= 15 is 0 Å². The van der Waals surface area contributed by atoms with Crippen molar-refractivity contribution < 1.29 is 9.59 Å². The maximum atomic E-state index is 11.6. The van der Waals surface area contributed by atoms with Crippen molar-refractivity contribution in [1.29, 1.82) is 0 Å². The van der Waals surface area contributed by atoms with Crippen molar-refractivity contribution in [2.24, 2.45) is 11.8 Å². The summed E-state index contributed by atoms with van der Waals surface area (Å²) < 4.78 is 0. The topological polar surface area (TPSA) is 58.2 Å². The van der Waals surface area contributed by atoms with Gasteiger partial charge in [-0.15, -0.1) is 0 Å². The number of rotatable bonds is 7. The lowest BCUT2D eigenvalue weighted by Crippen LogP contribution is -2.40. The van der Waals surface area contributed by atoms with Crippen molar-refractivity contribution in [3.63, 3.8) is 0 Å². The van der Waals surface area contributed by atoms with Crippen LogP contribution in [0.15, 0.2) is 0 Å². The van der Waals surface area contributed by atoms with Gasteiger partial charge in [0.05, 0.1) is 6.54 Å². The molecular formula is C12H24N2O2. The highest BCUT2D eigenvalue weighted by molar-refractivity contribution is 5.85. The fourth-order valence-electron chi connectivity index (χ4n) is 1.35. The van der Waals surface area contributed by atoms with Crippen LogP contribution in [0.1, 0.15) is 40.5 Å². The normalized spacial score (nSPS) is 10.6. The molecule has 4 heteroatoms. The molecule has 0 fully saturated rings. The minimum atomic E-state index is -0.118. The van der Waals surface area contributed by atoms with Crippen LogP contribution < -0.4 is 10.6 Å². The van der Waals surface area contributed by atoms with Gasteiger partial charge in [0.25, 0.3) is 0 Å². The van der Waals surface area contributed by atoms with Gasteiger partial charge in [-0.25, -0.2) is 0 Å². The number of carbonyl (C=O) groups is 2. The average Bonchev–Trinajstić information content (AvgIpc) is 2.25. The molecule has 0 rings (SSSR count). The van der Waals surface area contributed by atoms with E-state index in [9.17, 15) is 9.59 Å². The Bertz CT molecular complexity index is 223. The van der Waals surface area contributed by atoms with Crippen molar-refractivity contribution in [1.82, 2.24) is 10.6 Å². The number of nitrogens with one attached hydrogen (secondary N) is 2. The Morgan fingerprint density at radius 1 is 1.06 bits per heavy atom. The molecule has 16 heavy (non-hydrogen) atoms. The third-order valence-corrected chi connectivity index (χ3v) is 2.49. The summed E-state index contributed by atoms with van der Waals surface area (Å²) >= 11 is 0. The van der Waals surface area contributed by atoms with Gasteiger partial charge in [-0.2, -0.15) is 0 Å². The molecule has 2 amide bonds. The first kappa shape index (κ1) is 14.9. The summed E-state index contributed by atoms with van der Waals surface area (Å²) in [4.78, 5) is 22.9. The molecule has 0 aliphatic carbocycles. The van der Waals surface area contributed by atoms with Gasteiger partial charge >= 0.3 is 0 Å². The van der Waals surface area contributed by atoms with E-state index in [0.717, 1.165) is 12.8 Å². The molecule has 0 aliphatic heterocycles. The van der Waals surface area contributed by atoms with Crippen LogP contribution in [0.4, 0.5) is 0 Å². The van der Waals surface area contributed by atoms with Crippen LogP contribution in [-0.4, -0.2) is 24.9 Å². The maximum Gasteiger partial charge on any atom is 0.239 e. The maximum absolute atomic E-state index is 11.6. The SMILES string of the molecule is CCC(CC)C(=O)NCC(=O)NCC(C)C. The van der Waals surface area contributed by atoms with Crippen LogP contribution in [0.5, 0.6) is 0 Å². The van der Waals surface area contributed by atoms with Crippen LogP contribution in [0.25, 0.3) is 0 Å². The molecule has 0 aromatic carbocycles. The largest absolute Gasteiger partial charge is 0.354 e. The quantitative estimate of drug-likeness (QED) is 0.690. The Hall–Kier alpha value is -1.06. The fourth-order valence-corrected chi connectivity index (χ4v) is 1.35. The van der Waals surface area contributed by atoms with E-state index in [2.05, 4.69) is 10.6 Å². The molecule has 0 radical (unpaired) electrons. The monoisotopic (exact) mass is 228 g/mol. The highest BCUT2D eigenvalue weighted by atomic mass is 16.2.